The Morgan fingerprint density at radius 2 is 1.06 bits per heavy atom. The van der Waals surface area contributed by atoms with Gasteiger partial charge in [0.25, 0.3) is 0 Å². The molecule has 4 aliphatic rings. The molecule has 2 aliphatic heterocycles. The summed E-state index contributed by atoms with van der Waals surface area (Å²) in [5, 5.41) is 85.7. The van der Waals surface area contributed by atoms with E-state index in [1.807, 2.05) is 9.80 Å². The molecule has 8 unspecified atom stereocenters. The lowest BCUT2D eigenvalue weighted by Crippen LogP contribution is -2.48. The van der Waals surface area contributed by atoms with E-state index in [2.05, 4.69) is 51.0 Å². The first kappa shape index (κ1) is 39.7. The van der Waals surface area contributed by atoms with Gasteiger partial charge < -0.3 is 71.7 Å². The number of imidazole rings is 2. The maximum Gasteiger partial charge on any atom is 0.315 e. The van der Waals surface area contributed by atoms with Crippen LogP contribution in [-0.2, 0) is 13.2 Å². The minimum atomic E-state index is -1.19. The number of nitrogens with one attached hydrogen (secondary N) is 2. The Balaban J connectivity index is 0.771. The second kappa shape index (κ2) is 15.5. The third-order valence-electron chi connectivity index (χ3n) is 12.5. The average molecular weight is 859 g/mol. The molecule has 27 heteroatoms. The Morgan fingerprint density at radius 3 is 1.47 bits per heavy atom. The number of aromatic nitrogens is 14. The van der Waals surface area contributed by atoms with E-state index in [-0.39, 0.29) is 55.8 Å². The minimum Gasteiger partial charge on any atom is -0.390 e. The van der Waals surface area contributed by atoms with Crippen LogP contribution < -0.4 is 31.9 Å². The molecule has 2 amide bonds. The maximum atomic E-state index is 13.3. The van der Waals surface area contributed by atoms with Gasteiger partial charge in [0.2, 0.25) is 11.9 Å². The number of nitrogen functional groups attached to an aromatic ring is 2. The summed E-state index contributed by atoms with van der Waals surface area (Å²) < 4.78 is 3.35. The van der Waals surface area contributed by atoms with Crippen LogP contribution in [-0.4, -0.2) is 168 Å². The number of aliphatic hydroxyl groups excluding tert-OH is 6. The van der Waals surface area contributed by atoms with Gasteiger partial charge in [-0.05, 0) is 25.7 Å². The predicted octanol–water partition coefficient (Wildman–Crippen LogP) is -3.73. The number of urea groups is 1. The van der Waals surface area contributed by atoms with Crippen LogP contribution in [0.1, 0.15) is 61.2 Å². The van der Waals surface area contributed by atoms with Gasteiger partial charge in [0, 0.05) is 38.3 Å². The molecule has 6 aromatic rings. The Hall–Kier alpha value is -6.39. The number of hydrogen-bond acceptors (Lipinski definition) is 21. The van der Waals surface area contributed by atoms with Gasteiger partial charge >= 0.3 is 6.03 Å². The van der Waals surface area contributed by atoms with Crippen LogP contribution in [0.25, 0.3) is 22.3 Å². The lowest BCUT2D eigenvalue weighted by molar-refractivity contribution is 0.00491. The zero-order valence-electron chi connectivity index (χ0n) is 33.1. The van der Waals surface area contributed by atoms with Crippen molar-refractivity contribution >= 4 is 51.9 Å². The molecule has 62 heavy (non-hydrogen) atoms. The van der Waals surface area contributed by atoms with Crippen LogP contribution in [0.2, 0.25) is 0 Å². The van der Waals surface area contributed by atoms with Crippen molar-refractivity contribution in [3.8, 4) is 0 Å². The number of nitrogens with two attached hydrogens (primary N) is 2. The Labute approximate surface area is 350 Å². The molecule has 2 saturated heterocycles. The summed E-state index contributed by atoms with van der Waals surface area (Å²) in [6.45, 7) is 1.28. The van der Waals surface area contributed by atoms with E-state index in [9.17, 15) is 35.4 Å². The average Bonchev–Trinajstić information content (AvgIpc) is 4.12. The van der Waals surface area contributed by atoms with E-state index in [0.717, 1.165) is 0 Å². The fourth-order valence-corrected chi connectivity index (χ4v) is 9.22. The van der Waals surface area contributed by atoms with Gasteiger partial charge in [0.15, 0.2) is 22.9 Å². The van der Waals surface area contributed by atoms with Gasteiger partial charge in [0.1, 0.15) is 58.9 Å². The molecule has 8 heterocycles. The number of rotatable bonds is 10. The molecule has 10 atom stereocenters. The van der Waals surface area contributed by atoms with Crippen molar-refractivity contribution < 1.29 is 35.4 Å². The van der Waals surface area contributed by atoms with Gasteiger partial charge in [0.05, 0.1) is 50.3 Å². The largest absolute Gasteiger partial charge is 0.390 e. The molecule has 0 radical (unpaired) electrons. The Morgan fingerprint density at radius 1 is 0.645 bits per heavy atom. The summed E-state index contributed by atoms with van der Waals surface area (Å²) in [6.07, 6.45) is 2.81. The first-order valence-corrected chi connectivity index (χ1v) is 20.3. The van der Waals surface area contributed by atoms with Crippen molar-refractivity contribution in [2.75, 3.05) is 47.4 Å². The molecular weight excluding hydrogens is 813 g/mol. The predicted molar refractivity (Wildman–Crippen MR) is 214 cm³/mol. The lowest BCUT2D eigenvalue weighted by atomic mass is 10.2. The molecule has 0 spiro atoms. The molecule has 328 valence electrons. The van der Waals surface area contributed by atoms with Crippen LogP contribution in [0.3, 0.4) is 0 Å². The number of hydrogen-bond donors (Lipinski definition) is 10. The van der Waals surface area contributed by atoms with Crippen molar-refractivity contribution in [2.24, 2.45) is 0 Å². The van der Waals surface area contributed by atoms with E-state index in [4.69, 9.17) is 21.4 Å². The number of amides is 2. The van der Waals surface area contributed by atoms with Gasteiger partial charge in [-0.15, -0.1) is 0 Å². The molecule has 0 bridgehead atoms. The molecule has 4 fully saturated rings. The second-order valence-electron chi connectivity index (χ2n) is 16.3. The van der Waals surface area contributed by atoms with Crippen molar-refractivity contribution in [3.05, 3.63) is 36.4 Å². The van der Waals surface area contributed by atoms with Gasteiger partial charge in [-0.1, -0.05) is 0 Å². The quantitative estimate of drug-likeness (QED) is 0.0633. The number of fused-ring (bicyclic) bond motifs is 2. The first-order valence-electron chi connectivity index (χ1n) is 20.3. The number of aliphatic hydroxyl groups is 6. The SMILES string of the molecule is Nc1nc(N2CC[C@@H](NC(=O)N[C@@H]3CCN(c4nc(N)c5ncn(C6CC(n7ncc(CO)n7)C(O)C6O)c5n4)C3)C2)nc2c1ncn2C1CC(n2ncc(CO)n2)C(O)C1O. The topological polar surface area (TPSA) is 370 Å². The third kappa shape index (κ3) is 6.81. The highest BCUT2D eigenvalue weighted by molar-refractivity contribution is 5.84. The van der Waals surface area contributed by atoms with Gasteiger partial charge in [-0.25, -0.2) is 14.8 Å². The van der Waals surface area contributed by atoms with E-state index in [1.54, 1.807) is 9.13 Å². The van der Waals surface area contributed by atoms with E-state index >= 15 is 0 Å². The smallest absolute Gasteiger partial charge is 0.315 e. The van der Waals surface area contributed by atoms with Crippen molar-refractivity contribution in [3.63, 3.8) is 0 Å². The van der Waals surface area contributed by atoms with Gasteiger partial charge in [-0.2, -0.15) is 49.9 Å². The second-order valence-corrected chi connectivity index (χ2v) is 16.3. The van der Waals surface area contributed by atoms with Crippen LogP contribution in [0.5, 0.6) is 0 Å². The standard InChI is InChI=1S/C35H46N20O7/c36-29-23-31(52(13-38-23)19-5-21(27(60)25(19)58)54-40-7-17(11-56)48-54)46-33(44-29)50-3-1-15(9-50)42-35(62)43-16-2-4-51(10-16)34-45-30(37)24-32(47-34)53(14-39-24)20-6-22(28(61)26(20)59)55-41-8-18(12-57)49-55/h7-8,13-16,19-22,25-28,56-61H,1-6,9-12H2,(H2,36,44,46)(H2,37,45,47)(H2,42,43,62)/t15-,16-,19?,20?,21?,22?,25?,26?,27?,28?/m1/s1. The molecule has 0 aromatic carbocycles. The third-order valence-corrected chi connectivity index (χ3v) is 12.5. The van der Waals surface area contributed by atoms with Crippen molar-refractivity contribution in [1.29, 1.82) is 0 Å². The van der Waals surface area contributed by atoms with Crippen LogP contribution in [0.4, 0.5) is 28.3 Å². The van der Waals surface area contributed by atoms with E-state index < -0.39 is 48.6 Å². The van der Waals surface area contributed by atoms with Crippen LogP contribution >= 0.6 is 0 Å². The molecular formula is C35H46N20O7. The number of carbonyl (C=O) groups is 1. The monoisotopic (exact) mass is 858 g/mol. The highest BCUT2D eigenvalue weighted by Gasteiger charge is 2.47. The Bertz CT molecular complexity index is 2440. The van der Waals surface area contributed by atoms with E-state index in [0.29, 0.717) is 84.6 Å². The van der Waals surface area contributed by atoms with Gasteiger partial charge in [-0.3, -0.25) is 0 Å². The molecule has 2 aliphatic carbocycles. The highest BCUT2D eigenvalue weighted by Crippen LogP contribution is 2.41. The molecule has 2 saturated carbocycles. The highest BCUT2D eigenvalue weighted by atomic mass is 16.3. The maximum absolute atomic E-state index is 13.3. The molecule has 6 aromatic heterocycles. The summed E-state index contributed by atoms with van der Waals surface area (Å²) in [6, 6.07) is -3.37. The fourth-order valence-electron chi connectivity index (χ4n) is 9.22. The zero-order chi connectivity index (χ0) is 43.0. The number of anilines is 4. The summed E-state index contributed by atoms with van der Waals surface area (Å²) >= 11 is 0. The lowest BCUT2D eigenvalue weighted by Gasteiger charge is -2.21. The van der Waals surface area contributed by atoms with Crippen molar-refractivity contribution in [2.45, 2.75) is 99.6 Å². The zero-order valence-corrected chi connectivity index (χ0v) is 33.1. The summed E-state index contributed by atoms with van der Waals surface area (Å²) in [7, 11) is 0. The molecule has 27 nitrogen and oxygen atoms in total. The Kier molecular flexibility index (Phi) is 9.94. The normalized spacial score (nSPS) is 28.9. The summed E-state index contributed by atoms with van der Waals surface area (Å²) in [5.41, 5.74) is 14.9. The first-order chi connectivity index (χ1) is 30.0. The van der Waals surface area contributed by atoms with Crippen LogP contribution in [0.15, 0.2) is 25.0 Å². The van der Waals surface area contributed by atoms with E-state index in [1.165, 1.54) is 34.6 Å². The van der Waals surface area contributed by atoms with Crippen LogP contribution in [0, 0.1) is 0 Å². The summed E-state index contributed by atoms with van der Waals surface area (Å²) in [4.78, 5) is 47.1. The number of carbonyl (C=O) groups excluding carboxylic acids is 1. The minimum absolute atomic E-state index is 0.147. The summed E-state index contributed by atoms with van der Waals surface area (Å²) in [5.74, 6) is 0.963. The van der Waals surface area contributed by atoms with Crippen molar-refractivity contribution in [1.82, 2.24) is 79.7 Å². The molecule has 12 N–H and O–H groups in total. The fraction of sp³-hybridized carbons (Fsp3) is 0.571. The number of nitrogens with zero attached hydrogens (tertiary/aromatic N) is 16. The molecule has 10 rings (SSSR count).